The van der Waals surface area contributed by atoms with Gasteiger partial charge in [0.05, 0.1) is 6.61 Å². The summed E-state index contributed by atoms with van der Waals surface area (Å²) < 4.78 is 11.4. The molecule has 1 aliphatic rings. The number of aromatic nitrogens is 3. The van der Waals surface area contributed by atoms with E-state index in [4.69, 9.17) is 9.47 Å². The van der Waals surface area contributed by atoms with Crippen LogP contribution in [0, 0.1) is 5.92 Å². The van der Waals surface area contributed by atoms with Crippen LogP contribution in [0.5, 0.6) is 12.0 Å². The number of rotatable bonds is 7. The summed E-state index contributed by atoms with van der Waals surface area (Å²) in [4.78, 5) is 12.8. The van der Waals surface area contributed by atoms with Crippen molar-refractivity contribution in [3.63, 3.8) is 0 Å². The molecule has 0 amide bonds. The van der Waals surface area contributed by atoms with E-state index in [-0.39, 0.29) is 6.10 Å². The van der Waals surface area contributed by atoms with Gasteiger partial charge >= 0.3 is 12.0 Å². The summed E-state index contributed by atoms with van der Waals surface area (Å²) in [6.07, 6.45) is 5.66. The summed E-state index contributed by atoms with van der Waals surface area (Å²) in [5, 5.41) is 3.09. The highest BCUT2D eigenvalue weighted by molar-refractivity contribution is 5.27. The van der Waals surface area contributed by atoms with E-state index < -0.39 is 0 Å². The Morgan fingerprint density at radius 3 is 2.43 bits per heavy atom. The van der Waals surface area contributed by atoms with Crippen LogP contribution < -0.4 is 14.8 Å². The van der Waals surface area contributed by atoms with Crippen LogP contribution in [0.4, 0.5) is 5.95 Å². The third-order valence-corrected chi connectivity index (χ3v) is 3.60. The van der Waals surface area contributed by atoms with E-state index in [1.807, 2.05) is 13.8 Å². The number of nitrogens with one attached hydrogen (secondary N) is 1. The molecule has 0 atom stereocenters. The maximum absolute atomic E-state index is 5.93. The maximum Gasteiger partial charge on any atom is 0.324 e. The molecule has 118 valence electrons. The Kier molecular flexibility index (Phi) is 6.02. The Morgan fingerprint density at radius 1 is 1.05 bits per heavy atom. The Morgan fingerprint density at radius 2 is 1.76 bits per heavy atom. The molecule has 1 aromatic rings. The number of ether oxygens (including phenoxy) is 2. The minimum atomic E-state index is 0.206. The van der Waals surface area contributed by atoms with Gasteiger partial charge < -0.3 is 14.8 Å². The zero-order valence-corrected chi connectivity index (χ0v) is 13.3. The van der Waals surface area contributed by atoms with Crippen molar-refractivity contribution in [3.05, 3.63) is 0 Å². The molecule has 1 saturated carbocycles. The molecule has 1 N–H and O–H groups in total. The first-order chi connectivity index (χ1) is 10.2. The number of nitrogens with zero attached hydrogens (tertiary/aromatic N) is 3. The normalized spacial score (nSPS) is 21.9. The second-order valence-corrected chi connectivity index (χ2v) is 5.60. The molecule has 1 aliphatic carbocycles. The van der Waals surface area contributed by atoms with Gasteiger partial charge in [0, 0.05) is 6.54 Å². The fraction of sp³-hybridized carbons (Fsp3) is 0.800. The summed E-state index contributed by atoms with van der Waals surface area (Å²) in [6.45, 7) is 7.68. The van der Waals surface area contributed by atoms with Crippen LogP contribution in [0.2, 0.25) is 0 Å². The Labute approximate surface area is 126 Å². The van der Waals surface area contributed by atoms with Crippen molar-refractivity contribution < 1.29 is 9.47 Å². The van der Waals surface area contributed by atoms with Crippen molar-refractivity contribution in [1.29, 1.82) is 0 Å². The minimum absolute atomic E-state index is 0.206. The molecule has 1 fully saturated rings. The molecule has 0 radical (unpaired) electrons. The second-order valence-electron chi connectivity index (χ2n) is 5.60. The first-order valence-corrected chi connectivity index (χ1v) is 8.00. The van der Waals surface area contributed by atoms with Crippen molar-refractivity contribution in [1.82, 2.24) is 15.0 Å². The van der Waals surface area contributed by atoms with Crippen LogP contribution in [-0.2, 0) is 0 Å². The average Bonchev–Trinajstić information content (AvgIpc) is 2.48. The second kappa shape index (κ2) is 8.00. The molecule has 0 unspecified atom stereocenters. The fourth-order valence-corrected chi connectivity index (χ4v) is 2.38. The number of anilines is 1. The molecule has 0 spiro atoms. The van der Waals surface area contributed by atoms with Gasteiger partial charge in [0.15, 0.2) is 0 Å². The standard InChI is InChI=1S/C15H26N4O2/c1-4-10-20-14-17-13(16-5-2)18-15(19-14)21-12-8-6-11(3)7-9-12/h11-12H,4-10H2,1-3H3,(H,16,17,18,19). The van der Waals surface area contributed by atoms with Gasteiger partial charge in [-0.2, -0.15) is 9.97 Å². The van der Waals surface area contributed by atoms with Gasteiger partial charge in [0.1, 0.15) is 6.10 Å². The van der Waals surface area contributed by atoms with Crippen LogP contribution in [0.3, 0.4) is 0 Å². The molecular weight excluding hydrogens is 268 g/mol. The molecule has 21 heavy (non-hydrogen) atoms. The molecule has 1 aromatic heterocycles. The lowest BCUT2D eigenvalue weighted by Gasteiger charge is -2.26. The summed E-state index contributed by atoms with van der Waals surface area (Å²) in [5.74, 6) is 1.31. The fourth-order valence-electron chi connectivity index (χ4n) is 2.38. The summed E-state index contributed by atoms with van der Waals surface area (Å²) in [6, 6.07) is 0.702. The van der Waals surface area contributed by atoms with E-state index in [1.165, 1.54) is 12.8 Å². The lowest BCUT2D eigenvalue weighted by Crippen LogP contribution is -2.24. The molecule has 0 aliphatic heterocycles. The van der Waals surface area contributed by atoms with E-state index in [1.54, 1.807) is 0 Å². The van der Waals surface area contributed by atoms with E-state index in [9.17, 15) is 0 Å². The van der Waals surface area contributed by atoms with E-state index >= 15 is 0 Å². The van der Waals surface area contributed by atoms with Gasteiger partial charge in [-0.15, -0.1) is 4.98 Å². The Balaban J connectivity index is 2.03. The van der Waals surface area contributed by atoms with Crippen molar-refractivity contribution >= 4 is 5.95 Å². The van der Waals surface area contributed by atoms with Crippen molar-refractivity contribution in [2.24, 2.45) is 5.92 Å². The highest BCUT2D eigenvalue weighted by Gasteiger charge is 2.21. The van der Waals surface area contributed by atoms with Crippen molar-refractivity contribution in [2.45, 2.75) is 59.0 Å². The molecule has 1 heterocycles. The number of hydrogen-bond acceptors (Lipinski definition) is 6. The highest BCUT2D eigenvalue weighted by atomic mass is 16.5. The van der Waals surface area contributed by atoms with Crippen LogP contribution in [0.15, 0.2) is 0 Å². The first-order valence-electron chi connectivity index (χ1n) is 8.00. The minimum Gasteiger partial charge on any atom is -0.463 e. The summed E-state index contributed by atoms with van der Waals surface area (Å²) in [5.41, 5.74) is 0. The number of hydrogen-bond donors (Lipinski definition) is 1. The predicted molar refractivity (Wildman–Crippen MR) is 81.8 cm³/mol. The van der Waals surface area contributed by atoms with Crippen molar-refractivity contribution in [2.75, 3.05) is 18.5 Å². The molecular formula is C15H26N4O2. The molecule has 0 bridgehead atoms. The van der Waals surface area contributed by atoms with Gasteiger partial charge in [-0.05, 0) is 44.9 Å². The molecule has 0 saturated heterocycles. The van der Waals surface area contributed by atoms with E-state index in [0.29, 0.717) is 24.6 Å². The SMILES string of the molecule is CCCOc1nc(NCC)nc(OC2CCC(C)CC2)n1. The van der Waals surface area contributed by atoms with Gasteiger partial charge in [-0.1, -0.05) is 13.8 Å². The van der Waals surface area contributed by atoms with Gasteiger partial charge in [-0.3, -0.25) is 0 Å². The van der Waals surface area contributed by atoms with Crippen LogP contribution in [-0.4, -0.2) is 34.2 Å². The Hall–Kier alpha value is -1.59. The third kappa shape index (κ3) is 5.02. The highest BCUT2D eigenvalue weighted by Crippen LogP contribution is 2.26. The van der Waals surface area contributed by atoms with Crippen molar-refractivity contribution in [3.8, 4) is 12.0 Å². The van der Waals surface area contributed by atoms with Gasteiger partial charge in [0.25, 0.3) is 0 Å². The van der Waals surface area contributed by atoms with Crippen LogP contribution in [0.25, 0.3) is 0 Å². The predicted octanol–water partition coefficient (Wildman–Crippen LogP) is 3.05. The Bertz CT molecular complexity index is 434. The molecule has 6 heteroatoms. The lowest BCUT2D eigenvalue weighted by molar-refractivity contribution is 0.122. The zero-order valence-electron chi connectivity index (χ0n) is 13.3. The summed E-state index contributed by atoms with van der Waals surface area (Å²) >= 11 is 0. The maximum atomic E-state index is 5.93. The van der Waals surface area contributed by atoms with Gasteiger partial charge in [0.2, 0.25) is 5.95 Å². The monoisotopic (exact) mass is 294 g/mol. The topological polar surface area (TPSA) is 69.2 Å². The quantitative estimate of drug-likeness (QED) is 0.833. The third-order valence-electron chi connectivity index (χ3n) is 3.60. The van der Waals surface area contributed by atoms with E-state index in [0.717, 1.165) is 31.7 Å². The zero-order chi connectivity index (χ0) is 15.1. The molecule has 0 aromatic carbocycles. The van der Waals surface area contributed by atoms with Crippen LogP contribution >= 0.6 is 0 Å². The molecule has 6 nitrogen and oxygen atoms in total. The smallest absolute Gasteiger partial charge is 0.324 e. The largest absolute Gasteiger partial charge is 0.463 e. The average molecular weight is 294 g/mol. The van der Waals surface area contributed by atoms with E-state index in [2.05, 4.69) is 27.2 Å². The summed E-state index contributed by atoms with van der Waals surface area (Å²) in [7, 11) is 0. The lowest BCUT2D eigenvalue weighted by atomic mass is 9.89. The van der Waals surface area contributed by atoms with Gasteiger partial charge in [-0.25, -0.2) is 0 Å². The van der Waals surface area contributed by atoms with Crippen LogP contribution in [0.1, 0.15) is 52.9 Å². The first kappa shape index (κ1) is 15.8. The molecule has 2 rings (SSSR count).